The third-order valence-electron chi connectivity index (χ3n) is 13.0. The Bertz CT molecular complexity index is 3080. The quantitative estimate of drug-likeness (QED) is 0.0927. The first kappa shape index (κ1) is 45.9. The van der Waals surface area contributed by atoms with Gasteiger partial charge < -0.3 is 9.80 Å². The van der Waals surface area contributed by atoms with E-state index >= 15 is 0 Å². The van der Waals surface area contributed by atoms with Crippen LogP contribution in [0, 0.1) is 18.6 Å². The summed E-state index contributed by atoms with van der Waals surface area (Å²) in [4.78, 5) is 50.8. The lowest BCUT2D eigenvalue weighted by Gasteiger charge is -2.31. The van der Waals surface area contributed by atoms with Gasteiger partial charge in [0.1, 0.15) is 40.1 Å². The number of pyridine rings is 2. The minimum atomic E-state index is -0.313. The molecule has 0 radical (unpaired) electrons. The van der Waals surface area contributed by atoms with Gasteiger partial charge in [-0.25, -0.2) is 28.7 Å². The van der Waals surface area contributed by atoms with Crippen molar-refractivity contribution in [3.63, 3.8) is 0 Å². The molecule has 0 spiro atoms. The van der Waals surface area contributed by atoms with E-state index in [4.69, 9.17) is 9.97 Å². The predicted molar refractivity (Wildman–Crippen MR) is 263 cm³/mol. The van der Waals surface area contributed by atoms with E-state index < -0.39 is 0 Å². The monoisotopic (exact) mass is 911 g/mol. The highest BCUT2D eigenvalue weighted by Gasteiger charge is 2.26. The lowest BCUT2D eigenvalue weighted by atomic mass is 9.90. The van der Waals surface area contributed by atoms with Crippen molar-refractivity contribution in [3.05, 3.63) is 180 Å². The van der Waals surface area contributed by atoms with Gasteiger partial charge in [0.25, 0.3) is 0 Å². The number of imidazole rings is 2. The van der Waals surface area contributed by atoms with Crippen LogP contribution in [0.5, 0.6) is 0 Å². The van der Waals surface area contributed by atoms with Crippen LogP contribution >= 0.6 is 0 Å². The standard InChI is InChI=1S/C31H28FN5O.C24H27FN4O/c1-21-33-15-11-27(34-21)31-30(24-7-9-26(32)10-8-24)35-29-19-25(14-18-37(29)31)22-12-16-36(17-13-22)20-28(38)23-5-3-2-4-6-23;1-27(2)12-11-21(30)24-23(18-4-6-20(25)7-5-18)26-22-16-19(10-15-29(22)24)17-8-13-28(3)14-9-17/h2-11,14-15,18-19,22H,12-13,16-17,20H2,1H3;4-7,10-12,15-17H,8-9,13-14H2,1-3H3/b;12-11+. The minimum Gasteiger partial charge on any atom is -0.383 e. The second-order valence-electron chi connectivity index (χ2n) is 18.1. The fourth-order valence-corrected chi connectivity index (χ4v) is 9.30. The molecular weight excluding hydrogens is 857 g/mol. The Hall–Kier alpha value is -7.22. The summed E-state index contributed by atoms with van der Waals surface area (Å²) in [5, 5.41) is 0. The number of fused-ring (bicyclic) bond motifs is 2. The molecule has 0 unspecified atom stereocenters. The molecule has 0 atom stereocenters. The summed E-state index contributed by atoms with van der Waals surface area (Å²) in [6.45, 7) is 6.26. The molecule has 0 saturated carbocycles. The molecule has 0 bridgehead atoms. The Balaban J connectivity index is 0.000000175. The van der Waals surface area contributed by atoms with E-state index in [1.165, 1.54) is 35.4 Å². The summed E-state index contributed by atoms with van der Waals surface area (Å²) in [5.74, 6) is 1.02. The number of carbonyl (C=O) groups excluding carboxylic acids is 2. The van der Waals surface area contributed by atoms with Gasteiger partial charge in [-0.15, -0.1) is 0 Å². The number of allylic oxidation sites excluding steroid dienone is 1. The average Bonchev–Trinajstić information content (AvgIpc) is 3.93. The Morgan fingerprint density at radius 1 is 0.691 bits per heavy atom. The van der Waals surface area contributed by atoms with Crippen LogP contribution in [-0.2, 0) is 0 Å². The van der Waals surface area contributed by atoms with E-state index in [-0.39, 0.29) is 23.2 Å². The maximum absolute atomic E-state index is 13.7. The Labute approximate surface area is 395 Å². The van der Waals surface area contributed by atoms with Crippen LogP contribution in [0.15, 0.2) is 140 Å². The highest BCUT2D eigenvalue weighted by Crippen LogP contribution is 2.35. The predicted octanol–water partition coefficient (Wildman–Crippen LogP) is 10.2. The number of ketones is 2. The lowest BCUT2D eigenvalue weighted by Crippen LogP contribution is -2.36. The van der Waals surface area contributed by atoms with Crippen molar-refractivity contribution in [3.8, 4) is 33.9 Å². The van der Waals surface area contributed by atoms with Crippen LogP contribution in [0.4, 0.5) is 8.78 Å². The van der Waals surface area contributed by atoms with Crippen LogP contribution in [0.25, 0.3) is 45.2 Å². The smallest absolute Gasteiger partial charge is 0.206 e. The summed E-state index contributed by atoms with van der Waals surface area (Å²) >= 11 is 0. The number of hydrogen-bond donors (Lipinski definition) is 0. The Morgan fingerprint density at radius 3 is 1.85 bits per heavy atom. The van der Waals surface area contributed by atoms with Gasteiger partial charge in [0.15, 0.2) is 5.78 Å². The van der Waals surface area contributed by atoms with Crippen molar-refractivity contribution in [2.45, 2.75) is 44.4 Å². The van der Waals surface area contributed by atoms with Crippen molar-refractivity contribution < 1.29 is 18.4 Å². The number of rotatable bonds is 11. The summed E-state index contributed by atoms with van der Waals surface area (Å²) in [6, 6.07) is 32.4. The maximum Gasteiger partial charge on any atom is 0.206 e. The van der Waals surface area contributed by atoms with E-state index in [9.17, 15) is 18.4 Å². The zero-order chi connectivity index (χ0) is 47.3. The molecule has 2 saturated heterocycles. The fraction of sp³-hybridized carbons (Fsp3) is 0.273. The molecule has 0 aliphatic carbocycles. The van der Waals surface area contributed by atoms with Gasteiger partial charge in [0, 0.05) is 61.7 Å². The summed E-state index contributed by atoms with van der Waals surface area (Å²) in [5.41, 5.74) is 9.85. The van der Waals surface area contributed by atoms with E-state index in [0.717, 1.165) is 96.9 Å². The highest BCUT2D eigenvalue weighted by atomic mass is 19.1. The molecule has 68 heavy (non-hydrogen) atoms. The first-order valence-corrected chi connectivity index (χ1v) is 23.2. The van der Waals surface area contributed by atoms with Crippen LogP contribution in [0.3, 0.4) is 0 Å². The molecular formula is C55H55F2N9O2. The van der Waals surface area contributed by atoms with E-state index in [0.29, 0.717) is 35.6 Å². The van der Waals surface area contributed by atoms with Crippen molar-refractivity contribution >= 4 is 22.9 Å². The van der Waals surface area contributed by atoms with Gasteiger partial charge >= 0.3 is 0 Å². The zero-order valence-corrected chi connectivity index (χ0v) is 38.9. The average molecular weight is 912 g/mol. The number of aryl methyl sites for hydroxylation is 1. The Kier molecular flexibility index (Phi) is 13.7. The number of piperidine rings is 2. The van der Waals surface area contributed by atoms with Crippen LogP contribution in [-0.4, -0.2) is 109 Å². The van der Waals surface area contributed by atoms with Crippen LogP contribution < -0.4 is 0 Å². The number of Topliss-reactive ketones (excluding diaryl/α,β-unsaturated/α-hetero) is 1. The zero-order valence-electron chi connectivity index (χ0n) is 38.9. The number of aromatic nitrogens is 6. The molecule has 11 nitrogen and oxygen atoms in total. The second-order valence-corrected chi connectivity index (χ2v) is 18.1. The first-order valence-electron chi connectivity index (χ1n) is 23.2. The minimum absolute atomic E-state index is 0.137. The molecule has 2 aliphatic rings. The Morgan fingerprint density at radius 2 is 1.25 bits per heavy atom. The molecule has 8 aromatic rings. The van der Waals surface area contributed by atoms with Gasteiger partial charge in [-0.2, -0.15) is 0 Å². The molecule has 346 valence electrons. The van der Waals surface area contributed by atoms with E-state index in [2.05, 4.69) is 61.7 Å². The molecule has 0 amide bonds. The van der Waals surface area contributed by atoms with Gasteiger partial charge in [0.05, 0.1) is 23.6 Å². The van der Waals surface area contributed by atoms with Gasteiger partial charge in [0.2, 0.25) is 5.78 Å². The van der Waals surface area contributed by atoms with Crippen molar-refractivity contribution in [1.29, 1.82) is 0 Å². The topological polar surface area (TPSA) is 104 Å². The van der Waals surface area contributed by atoms with Crippen molar-refractivity contribution in [1.82, 2.24) is 43.4 Å². The summed E-state index contributed by atoms with van der Waals surface area (Å²) in [7, 11) is 5.89. The number of carbonyl (C=O) groups is 2. The van der Waals surface area contributed by atoms with Gasteiger partial charge in [-0.05, 0) is 168 Å². The largest absolute Gasteiger partial charge is 0.383 e. The van der Waals surface area contributed by atoms with Crippen LogP contribution in [0.1, 0.15) is 75.3 Å². The lowest BCUT2D eigenvalue weighted by molar-refractivity contribution is 0.0909. The second kappa shape index (κ2) is 20.3. The SMILES string of the molecule is CN(C)/C=C/C(=O)c1c(-c2ccc(F)cc2)nc2cc(C3CCN(C)CC3)ccn12.Cc1nccc(-c2c(-c3ccc(F)cc3)nc3cc(C4CCN(CC(=O)c5ccccc5)CC4)ccn23)n1. The third kappa shape index (κ3) is 10.3. The maximum atomic E-state index is 13.7. The summed E-state index contributed by atoms with van der Waals surface area (Å²) < 4.78 is 31.0. The molecule has 10 rings (SSSR count). The normalized spacial score (nSPS) is 15.2. The van der Waals surface area contributed by atoms with E-state index in [1.807, 2.05) is 72.9 Å². The van der Waals surface area contributed by atoms with Crippen molar-refractivity contribution in [2.24, 2.45) is 0 Å². The van der Waals surface area contributed by atoms with Crippen LogP contribution in [0.2, 0.25) is 0 Å². The summed E-state index contributed by atoms with van der Waals surface area (Å²) in [6.07, 6.45) is 13.2. The van der Waals surface area contributed by atoms with Gasteiger partial charge in [-0.1, -0.05) is 30.3 Å². The first-order chi connectivity index (χ1) is 33.0. The molecule has 5 aromatic heterocycles. The number of hydrogen-bond acceptors (Lipinski definition) is 9. The number of likely N-dealkylation sites (tertiary alicyclic amines) is 2. The number of nitrogens with zero attached hydrogens (tertiary/aromatic N) is 9. The molecule has 7 heterocycles. The molecule has 2 aliphatic heterocycles. The number of halogens is 2. The number of benzene rings is 3. The molecule has 13 heteroatoms. The third-order valence-corrected chi connectivity index (χ3v) is 13.0. The van der Waals surface area contributed by atoms with E-state index in [1.54, 1.807) is 42.7 Å². The fourth-order valence-electron chi connectivity index (χ4n) is 9.30. The molecule has 0 N–H and O–H groups in total. The van der Waals surface area contributed by atoms with Gasteiger partial charge in [-0.3, -0.25) is 23.3 Å². The molecule has 2 fully saturated rings. The highest BCUT2D eigenvalue weighted by molar-refractivity contribution is 6.08. The molecule has 3 aromatic carbocycles. The van der Waals surface area contributed by atoms with Crippen molar-refractivity contribution in [2.75, 3.05) is 53.9 Å².